The maximum absolute atomic E-state index is 13.2. The summed E-state index contributed by atoms with van der Waals surface area (Å²) in [7, 11) is 0. The highest BCUT2D eigenvalue weighted by Gasteiger charge is 2.39. The van der Waals surface area contributed by atoms with Crippen molar-refractivity contribution in [2.75, 3.05) is 11.4 Å². The maximum Gasteiger partial charge on any atom is 0.249 e. The molecule has 1 saturated heterocycles. The molecule has 0 saturated carbocycles. The van der Waals surface area contributed by atoms with Crippen LogP contribution >= 0.6 is 0 Å². The van der Waals surface area contributed by atoms with Crippen LogP contribution in [-0.4, -0.2) is 29.3 Å². The molecule has 4 heteroatoms. The minimum atomic E-state index is -0.348. The Kier molecular flexibility index (Phi) is 4.26. The fraction of sp³-hybridized carbons (Fsp3) is 0.333. The van der Waals surface area contributed by atoms with E-state index in [1.165, 1.54) is 5.56 Å². The summed E-state index contributed by atoms with van der Waals surface area (Å²) in [5.74, 6) is 0.140. The molecule has 2 aromatic carbocycles. The molecule has 4 rings (SSSR count). The second-order valence-electron chi connectivity index (χ2n) is 6.78. The number of nitrogens with zero attached hydrogens (tertiary/aromatic N) is 2. The Balaban J connectivity index is 1.58. The zero-order valence-corrected chi connectivity index (χ0v) is 14.2. The summed E-state index contributed by atoms with van der Waals surface area (Å²) in [5, 5.41) is 0. The maximum atomic E-state index is 13.2. The monoisotopic (exact) mass is 334 g/mol. The van der Waals surface area contributed by atoms with Gasteiger partial charge < -0.3 is 9.80 Å². The van der Waals surface area contributed by atoms with Gasteiger partial charge in [-0.25, -0.2) is 0 Å². The van der Waals surface area contributed by atoms with Crippen LogP contribution in [0.15, 0.2) is 54.6 Å². The number of hydrogen-bond acceptors (Lipinski definition) is 2. The topological polar surface area (TPSA) is 40.6 Å². The van der Waals surface area contributed by atoms with E-state index >= 15 is 0 Å². The molecule has 1 fully saturated rings. The van der Waals surface area contributed by atoms with Gasteiger partial charge in [0.1, 0.15) is 6.04 Å². The van der Waals surface area contributed by atoms with Crippen LogP contribution in [0.25, 0.3) is 0 Å². The Labute approximate surface area is 148 Å². The average molecular weight is 334 g/mol. The van der Waals surface area contributed by atoms with Gasteiger partial charge in [-0.1, -0.05) is 48.5 Å². The SMILES string of the molecule is O=C(C1CCC(=O)N1Cc1ccccc1)N1CCCc2ccccc21. The van der Waals surface area contributed by atoms with Gasteiger partial charge in [0, 0.05) is 25.2 Å². The number of aryl methyl sites for hydroxylation is 1. The zero-order valence-electron chi connectivity index (χ0n) is 14.2. The van der Waals surface area contributed by atoms with Gasteiger partial charge in [-0.15, -0.1) is 0 Å². The molecule has 1 unspecified atom stereocenters. The first-order chi connectivity index (χ1) is 12.2. The summed E-state index contributed by atoms with van der Waals surface area (Å²) in [5.41, 5.74) is 3.30. The van der Waals surface area contributed by atoms with Crippen LogP contribution in [0.5, 0.6) is 0 Å². The summed E-state index contributed by atoms with van der Waals surface area (Å²) in [4.78, 5) is 29.3. The molecule has 2 aliphatic heterocycles. The number of rotatable bonds is 3. The first-order valence-electron chi connectivity index (χ1n) is 8.97. The minimum Gasteiger partial charge on any atom is -0.326 e. The Morgan fingerprint density at radius 3 is 2.60 bits per heavy atom. The number of likely N-dealkylation sites (tertiary alicyclic amines) is 1. The lowest BCUT2D eigenvalue weighted by molar-refractivity contribution is -0.134. The van der Waals surface area contributed by atoms with Crippen LogP contribution in [0.4, 0.5) is 5.69 Å². The molecule has 0 aromatic heterocycles. The second kappa shape index (κ2) is 6.71. The van der Waals surface area contributed by atoms with E-state index < -0.39 is 0 Å². The second-order valence-corrected chi connectivity index (χ2v) is 6.78. The lowest BCUT2D eigenvalue weighted by atomic mass is 10.0. The molecule has 2 aromatic rings. The van der Waals surface area contributed by atoms with Gasteiger partial charge in [0.05, 0.1) is 0 Å². The van der Waals surface area contributed by atoms with Gasteiger partial charge in [-0.3, -0.25) is 9.59 Å². The average Bonchev–Trinajstić information content (AvgIpc) is 3.02. The fourth-order valence-corrected chi connectivity index (χ4v) is 3.91. The molecule has 0 aliphatic carbocycles. The zero-order chi connectivity index (χ0) is 17.2. The van der Waals surface area contributed by atoms with Crippen LogP contribution in [0, 0.1) is 0 Å². The number of carbonyl (C=O) groups is 2. The molecular formula is C21H22N2O2. The van der Waals surface area contributed by atoms with Crippen molar-refractivity contribution in [3.63, 3.8) is 0 Å². The third-order valence-electron chi connectivity index (χ3n) is 5.19. The highest BCUT2D eigenvalue weighted by Crippen LogP contribution is 2.30. The predicted molar refractivity (Wildman–Crippen MR) is 97.1 cm³/mol. The molecule has 0 radical (unpaired) electrons. The van der Waals surface area contributed by atoms with Crippen molar-refractivity contribution in [1.82, 2.24) is 4.90 Å². The number of hydrogen-bond donors (Lipinski definition) is 0. The number of fused-ring (bicyclic) bond motifs is 1. The molecular weight excluding hydrogens is 312 g/mol. The molecule has 1 atom stereocenters. The highest BCUT2D eigenvalue weighted by atomic mass is 16.2. The summed E-state index contributed by atoms with van der Waals surface area (Å²) < 4.78 is 0. The number of benzene rings is 2. The quantitative estimate of drug-likeness (QED) is 0.865. The van der Waals surface area contributed by atoms with E-state index in [0.29, 0.717) is 19.4 Å². The lowest BCUT2D eigenvalue weighted by Crippen LogP contribution is -2.48. The van der Waals surface area contributed by atoms with E-state index in [4.69, 9.17) is 0 Å². The van der Waals surface area contributed by atoms with Crippen molar-refractivity contribution in [2.24, 2.45) is 0 Å². The Morgan fingerprint density at radius 2 is 1.76 bits per heavy atom. The van der Waals surface area contributed by atoms with Gasteiger partial charge in [0.15, 0.2) is 0 Å². The van der Waals surface area contributed by atoms with E-state index in [1.807, 2.05) is 53.4 Å². The van der Waals surface area contributed by atoms with Crippen molar-refractivity contribution in [2.45, 2.75) is 38.3 Å². The van der Waals surface area contributed by atoms with Crippen molar-refractivity contribution in [3.05, 3.63) is 65.7 Å². The predicted octanol–water partition coefficient (Wildman–Crippen LogP) is 3.16. The van der Waals surface area contributed by atoms with Gasteiger partial charge in [-0.05, 0) is 36.5 Å². The molecule has 4 nitrogen and oxygen atoms in total. The van der Waals surface area contributed by atoms with Gasteiger partial charge in [0.2, 0.25) is 11.8 Å². The van der Waals surface area contributed by atoms with Crippen molar-refractivity contribution in [1.29, 1.82) is 0 Å². The first kappa shape index (κ1) is 15.9. The summed E-state index contributed by atoms with van der Waals surface area (Å²) in [6.07, 6.45) is 3.06. The molecule has 25 heavy (non-hydrogen) atoms. The van der Waals surface area contributed by atoms with Crippen LogP contribution < -0.4 is 4.90 Å². The van der Waals surface area contributed by atoms with Crippen molar-refractivity contribution < 1.29 is 9.59 Å². The van der Waals surface area contributed by atoms with E-state index in [0.717, 1.165) is 30.6 Å². The van der Waals surface area contributed by atoms with Gasteiger partial charge in [-0.2, -0.15) is 0 Å². The fourth-order valence-electron chi connectivity index (χ4n) is 3.91. The Bertz CT molecular complexity index is 787. The molecule has 128 valence electrons. The number of anilines is 1. The standard InChI is InChI=1S/C21H22N2O2/c24-20-13-12-19(23(20)15-16-7-2-1-3-8-16)21(25)22-14-6-10-17-9-4-5-11-18(17)22/h1-5,7-9,11,19H,6,10,12-15H2. The number of amides is 2. The third kappa shape index (κ3) is 3.04. The van der Waals surface area contributed by atoms with Gasteiger partial charge >= 0.3 is 0 Å². The third-order valence-corrected chi connectivity index (χ3v) is 5.19. The Hall–Kier alpha value is -2.62. The van der Waals surface area contributed by atoms with Crippen LogP contribution in [-0.2, 0) is 22.6 Å². The smallest absolute Gasteiger partial charge is 0.249 e. The number of para-hydroxylation sites is 1. The first-order valence-corrected chi connectivity index (χ1v) is 8.97. The van der Waals surface area contributed by atoms with Crippen LogP contribution in [0.2, 0.25) is 0 Å². The molecule has 2 amide bonds. The molecule has 0 bridgehead atoms. The van der Waals surface area contributed by atoms with Crippen molar-refractivity contribution in [3.8, 4) is 0 Å². The van der Waals surface area contributed by atoms with E-state index in [-0.39, 0.29) is 17.9 Å². The number of carbonyl (C=O) groups excluding carboxylic acids is 2. The molecule has 2 heterocycles. The van der Waals surface area contributed by atoms with E-state index in [1.54, 1.807) is 4.90 Å². The van der Waals surface area contributed by atoms with Crippen molar-refractivity contribution >= 4 is 17.5 Å². The largest absolute Gasteiger partial charge is 0.326 e. The highest BCUT2D eigenvalue weighted by molar-refractivity contribution is 6.01. The molecule has 0 N–H and O–H groups in total. The molecule has 0 spiro atoms. The minimum absolute atomic E-state index is 0.0638. The summed E-state index contributed by atoms with van der Waals surface area (Å²) in [6, 6.07) is 17.7. The van der Waals surface area contributed by atoms with Crippen LogP contribution in [0.3, 0.4) is 0 Å². The normalized spacial score (nSPS) is 19.8. The van der Waals surface area contributed by atoms with E-state index in [9.17, 15) is 9.59 Å². The van der Waals surface area contributed by atoms with Crippen LogP contribution in [0.1, 0.15) is 30.4 Å². The summed E-state index contributed by atoms with van der Waals surface area (Å²) in [6.45, 7) is 1.24. The lowest BCUT2D eigenvalue weighted by Gasteiger charge is -2.34. The van der Waals surface area contributed by atoms with Gasteiger partial charge in [0.25, 0.3) is 0 Å². The Morgan fingerprint density at radius 1 is 1.00 bits per heavy atom. The molecule has 2 aliphatic rings. The van der Waals surface area contributed by atoms with E-state index in [2.05, 4.69) is 6.07 Å². The summed E-state index contributed by atoms with van der Waals surface area (Å²) >= 11 is 0.